The Balaban J connectivity index is 2.24. The lowest BCUT2D eigenvalue weighted by molar-refractivity contribution is 0.104. The van der Waals surface area contributed by atoms with Crippen molar-refractivity contribution >= 4 is 11.9 Å². The molecule has 0 atom stereocenters. The second kappa shape index (κ2) is 14.9. The van der Waals surface area contributed by atoms with Crippen molar-refractivity contribution in [3.8, 4) is 17.2 Å². The molecule has 2 rings (SSSR count). The summed E-state index contributed by atoms with van der Waals surface area (Å²) < 4.78 is 17.8. The minimum absolute atomic E-state index is 0.0564. The van der Waals surface area contributed by atoms with E-state index >= 15 is 0 Å². The molecule has 0 aromatic heterocycles. The van der Waals surface area contributed by atoms with Crippen molar-refractivity contribution in [1.82, 2.24) is 0 Å². The molecule has 0 fully saturated rings. The summed E-state index contributed by atoms with van der Waals surface area (Å²) >= 11 is 0. The van der Waals surface area contributed by atoms with Gasteiger partial charge in [0.15, 0.2) is 17.3 Å². The van der Waals surface area contributed by atoms with Gasteiger partial charge in [0.25, 0.3) is 0 Å². The highest BCUT2D eigenvalue weighted by Gasteiger charge is 2.13. The molecule has 0 bridgehead atoms. The Bertz CT molecular complexity index is 897. The van der Waals surface area contributed by atoms with Gasteiger partial charge in [0.2, 0.25) is 0 Å². The first kappa shape index (κ1) is 26.2. The lowest BCUT2D eigenvalue weighted by Crippen LogP contribution is -2.05. The second-order valence-corrected chi connectivity index (χ2v) is 7.97. The van der Waals surface area contributed by atoms with Crippen LogP contribution in [0.2, 0.25) is 0 Å². The van der Waals surface area contributed by atoms with Crippen LogP contribution in [-0.4, -0.2) is 25.6 Å². The first-order valence-corrected chi connectivity index (χ1v) is 12.1. The second-order valence-electron chi connectivity index (χ2n) is 7.97. The van der Waals surface area contributed by atoms with E-state index in [0.29, 0.717) is 31.8 Å². The molecule has 0 heterocycles. The first-order valence-electron chi connectivity index (χ1n) is 12.1. The fourth-order valence-corrected chi connectivity index (χ4v) is 3.21. The molecule has 0 N–H and O–H groups in total. The average molecular weight is 451 g/mol. The molecule has 178 valence electrons. The molecule has 0 aliphatic rings. The number of unbranched alkanes of at least 4 members (excludes halogenated alkanes) is 2. The minimum Gasteiger partial charge on any atom is -0.494 e. The third kappa shape index (κ3) is 8.80. The minimum atomic E-state index is -0.0564. The molecule has 0 spiro atoms. The lowest BCUT2D eigenvalue weighted by Gasteiger charge is -2.17. The number of hydrogen-bond acceptors (Lipinski definition) is 4. The molecule has 4 heteroatoms. The predicted molar refractivity (Wildman–Crippen MR) is 137 cm³/mol. The SMILES string of the molecule is C=CCc1cc(/C=C/C(=O)c2ccc(OCCC)cc2)cc(OCCCC)c1OCCCC. The van der Waals surface area contributed by atoms with Crippen molar-refractivity contribution in [1.29, 1.82) is 0 Å². The topological polar surface area (TPSA) is 44.8 Å². The lowest BCUT2D eigenvalue weighted by atomic mass is 10.0. The monoisotopic (exact) mass is 450 g/mol. The van der Waals surface area contributed by atoms with Crippen LogP contribution in [0.25, 0.3) is 6.08 Å². The van der Waals surface area contributed by atoms with Crippen molar-refractivity contribution in [2.75, 3.05) is 19.8 Å². The van der Waals surface area contributed by atoms with E-state index in [9.17, 15) is 4.79 Å². The smallest absolute Gasteiger partial charge is 0.185 e. The van der Waals surface area contributed by atoms with Gasteiger partial charge in [-0.15, -0.1) is 6.58 Å². The van der Waals surface area contributed by atoms with Crippen LogP contribution < -0.4 is 14.2 Å². The van der Waals surface area contributed by atoms with Crippen LogP contribution in [0, 0.1) is 0 Å². The molecule has 33 heavy (non-hydrogen) atoms. The summed E-state index contributed by atoms with van der Waals surface area (Å²) in [7, 11) is 0. The van der Waals surface area contributed by atoms with E-state index in [1.54, 1.807) is 18.2 Å². The fraction of sp³-hybridized carbons (Fsp3) is 0.414. The predicted octanol–water partition coefficient (Wildman–Crippen LogP) is 7.46. The van der Waals surface area contributed by atoms with Gasteiger partial charge in [-0.1, -0.05) is 45.8 Å². The van der Waals surface area contributed by atoms with Crippen molar-refractivity contribution in [3.63, 3.8) is 0 Å². The number of ketones is 1. The zero-order chi connectivity index (χ0) is 23.9. The quantitative estimate of drug-likeness (QED) is 0.115. The number of hydrogen-bond donors (Lipinski definition) is 0. The maximum atomic E-state index is 12.7. The third-order valence-electron chi connectivity index (χ3n) is 5.06. The Kier molecular flexibility index (Phi) is 11.9. The Hall–Kier alpha value is -3.01. The summed E-state index contributed by atoms with van der Waals surface area (Å²) in [5.41, 5.74) is 2.54. The van der Waals surface area contributed by atoms with E-state index in [4.69, 9.17) is 14.2 Å². The van der Waals surface area contributed by atoms with Gasteiger partial charge in [0.1, 0.15) is 5.75 Å². The number of carbonyl (C=O) groups is 1. The molecule has 4 nitrogen and oxygen atoms in total. The molecule has 0 aliphatic heterocycles. The third-order valence-corrected chi connectivity index (χ3v) is 5.06. The van der Waals surface area contributed by atoms with Gasteiger partial charge in [0.05, 0.1) is 19.8 Å². The summed E-state index contributed by atoms with van der Waals surface area (Å²) in [6.45, 7) is 12.2. The summed E-state index contributed by atoms with van der Waals surface area (Å²) in [4.78, 5) is 12.7. The standard InChI is InChI=1S/C29H38O4/c1-5-9-19-32-28-22-23(21-25(11-7-3)29(28)33-20-10-6-2)12-17-27(30)24-13-15-26(16-14-24)31-18-8-4/h7,12-17,21-22H,3,5-6,8-11,18-20H2,1-2,4H3/b17-12+. The Morgan fingerprint density at radius 1 is 0.879 bits per heavy atom. The highest BCUT2D eigenvalue weighted by atomic mass is 16.5. The van der Waals surface area contributed by atoms with Crippen LogP contribution in [0.4, 0.5) is 0 Å². The number of benzene rings is 2. The van der Waals surface area contributed by atoms with E-state index < -0.39 is 0 Å². The normalized spacial score (nSPS) is 10.9. The average Bonchev–Trinajstić information content (AvgIpc) is 2.83. The van der Waals surface area contributed by atoms with E-state index in [2.05, 4.69) is 27.4 Å². The van der Waals surface area contributed by atoms with Crippen LogP contribution in [-0.2, 0) is 6.42 Å². The van der Waals surface area contributed by atoms with Crippen LogP contribution in [0.5, 0.6) is 17.2 Å². The molecular weight excluding hydrogens is 412 g/mol. The van der Waals surface area contributed by atoms with Crippen LogP contribution in [0.3, 0.4) is 0 Å². The van der Waals surface area contributed by atoms with Crippen LogP contribution in [0.15, 0.2) is 55.1 Å². The first-order chi connectivity index (χ1) is 16.1. The fourth-order valence-electron chi connectivity index (χ4n) is 3.21. The molecule has 0 aliphatic carbocycles. The van der Waals surface area contributed by atoms with Gasteiger partial charge in [-0.05, 0) is 73.7 Å². The maximum absolute atomic E-state index is 12.7. The molecule has 0 saturated carbocycles. The van der Waals surface area contributed by atoms with E-state index in [1.165, 1.54) is 0 Å². The Labute approximate surface area is 199 Å². The Morgan fingerprint density at radius 3 is 2.21 bits per heavy atom. The van der Waals surface area contributed by atoms with Crippen LogP contribution >= 0.6 is 0 Å². The summed E-state index contributed by atoms with van der Waals surface area (Å²) in [5, 5.41) is 0. The van der Waals surface area contributed by atoms with Gasteiger partial charge >= 0.3 is 0 Å². The summed E-state index contributed by atoms with van der Waals surface area (Å²) in [6.07, 6.45) is 11.0. The maximum Gasteiger partial charge on any atom is 0.185 e. The van der Waals surface area contributed by atoms with Gasteiger partial charge in [-0.2, -0.15) is 0 Å². The molecule has 0 saturated heterocycles. The number of rotatable bonds is 16. The van der Waals surface area contributed by atoms with Crippen molar-refractivity contribution in [2.24, 2.45) is 0 Å². The van der Waals surface area contributed by atoms with Gasteiger partial charge in [-0.25, -0.2) is 0 Å². The molecule has 0 radical (unpaired) electrons. The molecule has 0 unspecified atom stereocenters. The number of carbonyl (C=O) groups excluding carboxylic acids is 1. The van der Waals surface area contributed by atoms with Crippen molar-refractivity contribution in [3.05, 3.63) is 71.8 Å². The van der Waals surface area contributed by atoms with Crippen molar-refractivity contribution < 1.29 is 19.0 Å². The molecular formula is C29H38O4. The Morgan fingerprint density at radius 2 is 1.58 bits per heavy atom. The van der Waals surface area contributed by atoms with Gasteiger partial charge in [0, 0.05) is 11.1 Å². The summed E-state index contributed by atoms with van der Waals surface area (Å²) in [5.74, 6) is 2.23. The van der Waals surface area contributed by atoms with Gasteiger partial charge < -0.3 is 14.2 Å². The molecule has 0 amide bonds. The van der Waals surface area contributed by atoms with E-state index in [1.807, 2.05) is 36.4 Å². The summed E-state index contributed by atoms with van der Waals surface area (Å²) in [6, 6.07) is 11.3. The van der Waals surface area contributed by atoms with E-state index in [0.717, 1.165) is 60.5 Å². The number of allylic oxidation sites excluding steroid dienone is 2. The van der Waals surface area contributed by atoms with Crippen molar-refractivity contribution in [2.45, 2.75) is 59.3 Å². The van der Waals surface area contributed by atoms with E-state index in [-0.39, 0.29) is 5.78 Å². The zero-order valence-electron chi connectivity index (χ0n) is 20.4. The largest absolute Gasteiger partial charge is 0.494 e. The van der Waals surface area contributed by atoms with Gasteiger partial charge in [-0.3, -0.25) is 4.79 Å². The molecule has 2 aromatic carbocycles. The van der Waals surface area contributed by atoms with Crippen LogP contribution in [0.1, 0.15) is 74.4 Å². The highest BCUT2D eigenvalue weighted by molar-refractivity contribution is 6.06. The molecule has 2 aromatic rings. The zero-order valence-corrected chi connectivity index (χ0v) is 20.4. The highest BCUT2D eigenvalue weighted by Crippen LogP contribution is 2.35. The number of ether oxygens (including phenoxy) is 3.